The molecule has 0 spiro atoms. The van der Waals surface area contributed by atoms with Crippen molar-refractivity contribution in [3.05, 3.63) is 119 Å². The van der Waals surface area contributed by atoms with Crippen LogP contribution in [0.25, 0.3) is 22.3 Å². The van der Waals surface area contributed by atoms with Crippen LogP contribution in [0, 0.1) is 17.8 Å². The Bertz CT molecular complexity index is 1440. The maximum Gasteiger partial charge on any atom is 0.0164 e. The number of hydrogen-bond acceptors (Lipinski definition) is 0. The van der Waals surface area contributed by atoms with Crippen molar-refractivity contribution in [3.63, 3.8) is 0 Å². The molecule has 2 atom stereocenters. The second kappa shape index (κ2) is 9.72. The van der Waals surface area contributed by atoms with Gasteiger partial charge in [-0.15, -0.1) is 12.3 Å². The quantitative estimate of drug-likeness (QED) is 0.174. The first kappa shape index (κ1) is 23.8. The summed E-state index contributed by atoms with van der Waals surface area (Å²) in [7, 11) is 0. The first-order valence-electron chi connectivity index (χ1n) is 14.0. The zero-order valence-electron chi connectivity index (χ0n) is 22.1. The summed E-state index contributed by atoms with van der Waals surface area (Å²) in [4.78, 5) is 0. The third-order valence-electron chi connectivity index (χ3n) is 9.02. The minimum absolute atomic E-state index is 0.0412. The van der Waals surface area contributed by atoms with Crippen molar-refractivity contribution in [2.24, 2.45) is 5.41 Å². The molecule has 0 heteroatoms. The molecule has 4 aromatic rings. The molecule has 6 rings (SSSR count). The van der Waals surface area contributed by atoms with Crippen LogP contribution >= 0.6 is 0 Å². The summed E-state index contributed by atoms with van der Waals surface area (Å²) in [6.45, 7) is 4.91. The first-order valence-corrected chi connectivity index (χ1v) is 14.0. The van der Waals surface area contributed by atoms with E-state index in [-0.39, 0.29) is 5.41 Å². The normalized spacial score (nSPS) is 16.8. The molecule has 184 valence electrons. The summed E-state index contributed by atoms with van der Waals surface area (Å²) in [6.07, 6.45) is 12.3. The van der Waals surface area contributed by atoms with E-state index in [1.54, 1.807) is 0 Å². The highest BCUT2D eigenvalue weighted by Crippen LogP contribution is 2.64. The van der Waals surface area contributed by atoms with E-state index in [0.717, 1.165) is 12.8 Å². The number of hydrogen-bond donors (Lipinski definition) is 0. The molecule has 0 amide bonds. The number of rotatable bonds is 8. The van der Waals surface area contributed by atoms with E-state index in [1.807, 2.05) is 0 Å². The smallest absolute Gasteiger partial charge is 0.0164 e. The average Bonchev–Trinajstić information content (AvgIpc) is 3.45. The van der Waals surface area contributed by atoms with Gasteiger partial charge in [0.2, 0.25) is 0 Å². The molecule has 0 aliphatic heterocycles. The molecular weight excluding hydrogens is 444 g/mol. The lowest BCUT2D eigenvalue weighted by Gasteiger charge is -2.43. The molecule has 0 aromatic heterocycles. The summed E-state index contributed by atoms with van der Waals surface area (Å²) >= 11 is 0. The minimum atomic E-state index is 0.0412. The fourth-order valence-electron chi connectivity index (χ4n) is 7.41. The van der Waals surface area contributed by atoms with Crippen molar-refractivity contribution in [1.29, 1.82) is 0 Å². The first-order chi connectivity index (χ1) is 18.2. The fourth-order valence-corrected chi connectivity index (χ4v) is 7.41. The Morgan fingerprint density at radius 1 is 0.676 bits per heavy atom. The number of terminal acetylenes is 1. The number of aryl methyl sites for hydroxylation is 1. The van der Waals surface area contributed by atoms with Crippen molar-refractivity contribution in [3.8, 4) is 34.6 Å². The number of unbranched alkanes of at least 4 members (excludes halogenated alkanes) is 2. The topological polar surface area (TPSA) is 0 Å². The molecule has 2 aliphatic carbocycles. The third kappa shape index (κ3) is 3.84. The summed E-state index contributed by atoms with van der Waals surface area (Å²) in [6, 6.07) is 34.7. The third-order valence-corrected chi connectivity index (χ3v) is 9.02. The molecule has 0 heterocycles. The van der Waals surface area contributed by atoms with Gasteiger partial charge in [-0.3, -0.25) is 0 Å². The average molecular weight is 481 g/mol. The standard InChI is InChI=1S/C37H36/c1-4-6-14-24-37(3,35-30-19-11-8-16-27(30)28-17-9-12-20-31(28)35)36-32-21-13-10-18-29(32)34-25-26(15-7-5-2)22-23-33(34)36/h2,8-13,16-23,25,35-36H,4,6-7,14-15,24H2,1,3H3. The molecule has 0 nitrogen and oxygen atoms in total. The Labute approximate surface area is 222 Å². The second-order valence-corrected chi connectivity index (χ2v) is 11.2. The summed E-state index contributed by atoms with van der Waals surface area (Å²) in [5, 5.41) is 0. The number of benzene rings is 4. The van der Waals surface area contributed by atoms with Gasteiger partial charge < -0.3 is 0 Å². The largest absolute Gasteiger partial charge is 0.120 e. The summed E-state index contributed by atoms with van der Waals surface area (Å²) in [5.41, 5.74) is 13.0. The Morgan fingerprint density at radius 3 is 1.73 bits per heavy atom. The van der Waals surface area contributed by atoms with E-state index in [1.165, 1.54) is 75.8 Å². The molecule has 2 aliphatic rings. The predicted molar refractivity (Wildman–Crippen MR) is 157 cm³/mol. The van der Waals surface area contributed by atoms with Crippen molar-refractivity contribution < 1.29 is 0 Å². The molecule has 0 radical (unpaired) electrons. The Balaban J connectivity index is 1.56. The molecule has 4 aromatic carbocycles. The second-order valence-electron chi connectivity index (χ2n) is 11.2. The van der Waals surface area contributed by atoms with Gasteiger partial charge in [0.05, 0.1) is 0 Å². The monoisotopic (exact) mass is 480 g/mol. The lowest BCUT2D eigenvalue weighted by Crippen LogP contribution is -2.32. The highest BCUT2D eigenvalue weighted by Gasteiger charge is 2.50. The van der Waals surface area contributed by atoms with Gasteiger partial charge in [0.15, 0.2) is 0 Å². The number of fused-ring (bicyclic) bond motifs is 6. The van der Waals surface area contributed by atoms with Crippen LogP contribution in [0.5, 0.6) is 0 Å². The van der Waals surface area contributed by atoms with E-state index < -0.39 is 0 Å². The van der Waals surface area contributed by atoms with Gasteiger partial charge in [-0.2, -0.15) is 0 Å². The van der Waals surface area contributed by atoms with Crippen LogP contribution in [-0.2, 0) is 6.42 Å². The molecule has 0 bridgehead atoms. The van der Waals surface area contributed by atoms with Crippen LogP contribution in [0.4, 0.5) is 0 Å². The van der Waals surface area contributed by atoms with Gasteiger partial charge >= 0.3 is 0 Å². The molecule has 0 saturated carbocycles. The van der Waals surface area contributed by atoms with Crippen LogP contribution < -0.4 is 0 Å². The van der Waals surface area contributed by atoms with Crippen LogP contribution in [0.3, 0.4) is 0 Å². The van der Waals surface area contributed by atoms with E-state index in [4.69, 9.17) is 6.42 Å². The molecular formula is C37H36. The highest BCUT2D eigenvalue weighted by atomic mass is 14.5. The van der Waals surface area contributed by atoms with Crippen molar-refractivity contribution >= 4 is 0 Å². The predicted octanol–water partition coefficient (Wildman–Crippen LogP) is 9.76. The lowest BCUT2D eigenvalue weighted by atomic mass is 9.59. The van der Waals surface area contributed by atoms with Crippen LogP contribution in [0.15, 0.2) is 91.0 Å². The van der Waals surface area contributed by atoms with Gasteiger partial charge in [-0.05, 0) is 68.3 Å². The zero-order valence-corrected chi connectivity index (χ0v) is 22.1. The minimum Gasteiger partial charge on any atom is -0.120 e. The van der Waals surface area contributed by atoms with E-state index >= 15 is 0 Å². The van der Waals surface area contributed by atoms with Crippen molar-refractivity contribution in [2.45, 2.75) is 64.2 Å². The van der Waals surface area contributed by atoms with Gasteiger partial charge in [-0.25, -0.2) is 0 Å². The zero-order chi connectivity index (χ0) is 25.4. The van der Waals surface area contributed by atoms with E-state index in [2.05, 4.69) is 111 Å². The molecule has 2 unspecified atom stereocenters. The summed E-state index contributed by atoms with van der Waals surface area (Å²) in [5.74, 6) is 3.53. The van der Waals surface area contributed by atoms with E-state index in [0.29, 0.717) is 11.8 Å². The Morgan fingerprint density at radius 2 is 1.19 bits per heavy atom. The Kier molecular flexibility index (Phi) is 6.26. The van der Waals surface area contributed by atoms with Crippen molar-refractivity contribution in [1.82, 2.24) is 0 Å². The summed E-state index contributed by atoms with van der Waals surface area (Å²) < 4.78 is 0. The van der Waals surface area contributed by atoms with Gasteiger partial charge in [-0.1, -0.05) is 124 Å². The van der Waals surface area contributed by atoms with Crippen LogP contribution in [0.1, 0.15) is 85.6 Å². The Hall–Kier alpha value is -3.56. The molecule has 37 heavy (non-hydrogen) atoms. The van der Waals surface area contributed by atoms with Gasteiger partial charge in [0.1, 0.15) is 0 Å². The lowest BCUT2D eigenvalue weighted by molar-refractivity contribution is 0.218. The van der Waals surface area contributed by atoms with Crippen LogP contribution in [-0.4, -0.2) is 0 Å². The maximum atomic E-state index is 5.60. The maximum absolute atomic E-state index is 5.60. The molecule has 0 fully saturated rings. The van der Waals surface area contributed by atoms with Crippen molar-refractivity contribution in [2.75, 3.05) is 0 Å². The van der Waals surface area contributed by atoms with Gasteiger partial charge in [0.25, 0.3) is 0 Å². The molecule has 0 saturated heterocycles. The van der Waals surface area contributed by atoms with E-state index in [9.17, 15) is 0 Å². The van der Waals surface area contributed by atoms with Crippen LogP contribution in [0.2, 0.25) is 0 Å². The van der Waals surface area contributed by atoms with Gasteiger partial charge in [0, 0.05) is 18.3 Å². The highest BCUT2D eigenvalue weighted by molar-refractivity contribution is 5.82. The fraction of sp³-hybridized carbons (Fsp3) is 0.297. The molecule has 0 N–H and O–H groups in total. The SMILES string of the molecule is C#CCCc1ccc2c(c1)-c1ccccc1C2C(C)(CCCCC)C1c2ccccc2-c2ccccc21.